The monoisotopic (exact) mass is 394 g/mol. The molecular formula is C21H22N4O4. The van der Waals surface area contributed by atoms with Crippen molar-refractivity contribution in [3.63, 3.8) is 0 Å². The van der Waals surface area contributed by atoms with Crippen LogP contribution in [-0.4, -0.2) is 45.6 Å². The standard InChI is InChI=1S/C21H22N4O4/c1-12(2)11-25-18(26)14-6-4-5-7-15(14)21(25,28)13-8-9-16-17(10-13)24-19(23-16)29-20(27)22-3/h4-10,12,28H,11H2,1-3H3,(H,22,27)(H,23,24). The molecule has 0 aliphatic carbocycles. The van der Waals surface area contributed by atoms with Crippen LogP contribution in [0.5, 0.6) is 6.01 Å². The van der Waals surface area contributed by atoms with Crippen LogP contribution in [0.1, 0.15) is 35.3 Å². The molecule has 2 amide bonds. The third kappa shape index (κ3) is 3.01. The Labute approximate surface area is 167 Å². The summed E-state index contributed by atoms with van der Waals surface area (Å²) in [5.41, 5.74) is 1.12. The van der Waals surface area contributed by atoms with Crippen LogP contribution in [0.3, 0.4) is 0 Å². The van der Waals surface area contributed by atoms with Crippen molar-refractivity contribution in [2.45, 2.75) is 19.6 Å². The second-order valence-electron chi connectivity index (χ2n) is 7.44. The van der Waals surface area contributed by atoms with Gasteiger partial charge in [0.25, 0.3) is 5.91 Å². The number of carbonyl (C=O) groups is 2. The zero-order valence-corrected chi connectivity index (χ0v) is 16.4. The summed E-state index contributed by atoms with van der Waals surface area (Å²) in [6.45, 7) is 4.39. The van der Waals surface area contributed by atoms with E-state index in [1.165, 1.54) is 11.9 Å². The molecule has 8 heteroatoms. The van der Waals surface area contributed by atoms with Gasteiger partial charge in [-0.15, -0.1) is 0 Å². The fraction of sp³-hybridized carbons (Fsp3) is 0.286. The molecule has 4 rings (SSSR count). The molecule has 8 nitrogen and oxygen atoms in total. The summed E-state index contributed by atoms with van der Waals surface area (Å²) >= 11 is 0. The predicted octanol–water partition coefficient (Wildman–Crippen LogP) is 2.59. The fourth-order valence-corrected chi connectivity index (χ4v) is 3.69. The van der Waals surface area contributed by atoms with E-state index in [9.17, 15) is 14.7 Å². The molecule has 0 saturated heterocycles. The molecule has 3 aromatic rings. The third-order valence-corrected chi connectivity index (χ3v) is 4.97. The van der Waals surface area contributed by atoms with Gasteiger partial charge in [0.05, 0.1) is 11.0 Å². The molecule has 2 heterocycles. The summed E-state index contributed by atoms with van der Waals surface area (Å²) in [6.07, 6.45) is -0.638. The molecule has 0 spiro atoms. The average molecular weight is 394 g/mol. The number of benzene rings is 2. The van der Waals surface area contributed by atoms with Crippen molar-refractivity contribution in [1.29, 1.82) is 0 Å². The molecule has 1 unspecified atom stereocenters. The van der Waals surface area contributed by atoms with Crippen LogP contribution in [-0.2, 0) is 5.72 Å². The second kappa shape index (κ2) is 6.89. The van der Waals surface area contributed by atoms with Gasteiger partial charge in [0.2, 0.25) is 0 Å². The van der Waals surface area contributed by atoms with Gasteiger partial charge in [-0.05, 0) is 24.1 Å². The number of aromatic amines is 1. The normalized spacial score (nSPS) is 18.4. The molecule has 1 aromatic heterocycles. The maximum atomic E-state index is 13.0. The number of hydrogen-bond acceptors (Lipinski definition) is 5. The minimum absolute atomic E-state index is 0.0467. The molecule has 1 atom stereocenters. The highest BCUT2D eigenvalue weighted by Gasteiger charge is 2.49. The summed E-state index contributed by atoms with van der Waals surface area (Å²) < 4.78 is 5.04. The van der Waals surface area contributed by atoms with E-state index in [0.29, 0.717) is 34.3 Å². The van der Waals surface area contributed by atoms with Gasteiger partial charge < -0.3 is 25.0 Å². The van der Waals surface area contributed by atoms with Gasteiger partial charge in [-0.1, -0.05) is 38.1 Å². The van der Waals surface area contributed by atoms with E-state index in [1.807, 2.05) is 13.8 Å². The molecule has 29 heavy (non-hydrogen) atoms. The van der Waals surface area contributed by atoms with Crippen LogP contribution >= 0.6 is 0 Å². The van der Waals surface area contributed by atoms with Crippen LogP contribution in [0.25, 0.3) is 11.0 Å². The molecule has 0 bridgehead atoms. The number of imidazole rings is 1. The Bertz CT molecular complexity index is 1110. The van der Waals surface area contributed by atoms with Crippen molar-refractivity contribution < 1.29 is 19.4 Å². The van der Waals surface area contributed by atoms with Gasteiger partial charge in [0.1, 0.15) is 0 Å². The number of amides is 2. The van der Waals surface area contributed by atoms with E-state index < -0.39 is 11.8 Å². The lowest BCUT2D eigenvalue weighted by atomic mass is 9.93. The zero-order chi connectivity index (χ0) is 20.8. The Morgan fingerprint density at radius 3 is 2.79 bits per heavy atom. The van der Waals surface area contributed by atoms with Gasteiger partial charge in [0, 0.05) is 30.3 Å². The van der Waals surface area contributed by atoms with Crippen LogP contribution in [0, 0.1) is 5.92 Å². The van der Waals surface area contributed by atoms with E-state index in [1.54, 1.807) is 42.5 Å². The summed E-state index contributed by atoms with van der Waals surface area (Å²) in [6, 6.07) is 12.3. The number of ether oxygens (including phenoxy) is 1. The Balaban J connectivity index is 1.83. The number of nitrogens with zero attached hydrogens (tertiary/aromatic N) is 2. The molecule has 1 aliphatic rings. The first-order chi connectivity index (χ1) is 13.8. The molecular weight excluding hydrogens is 372 g/mol. The van der Waals surface area contributed by atoms with Crippen molar-refractivity contribution in [3.8, 4) is 6.01 Å². The number of fused-ring (bicyclic) bond motifs is 2. The number of carbonyl (C=O) groups excluding carboxylic acids is 2. The average Bonchev–Trinajstić information content (AvgIpc) is 3.20. The molecule has 1 aliphatic heterocycles. The highest BCUT2D eigenvalue weighted by molar-refractivity contribution is 6.00. The van der Waals surface area contributed by atoms with Crippen molar-refractivity contribution in [2.24, 2.45) is 5.92 Å². The van der Waals surface area contributed by atoms with E-state index in [2.05, 4.69) is 15.3 Å². The van der Waals surface area contributed by atoms with Gasteiger partial charge in [-0.25, -0.2) is 4.79 Å². The van der Waals surface area contributed by atoms with Crippen molar-refractivity contribution >= 4 is 23.0 Å². The first-order valence-electron chi connectivity index (χ1n) is 9.38. The molecule has 3 N–H and O–H groups in total. The lowest BCUT2D eigenvalue weighted by Crippen LogP contribution is -2.46. The van der Waals surface area contributed by atoms with Crippen LogP contribution in [0.15, 0.2) is 42.5 Å². The molecule has 0 saturated carbocycles. The topological polar surface area (TPSA) is 108 Å². The summed E-state index contributed by atoms with van der Waals surface area (Å²) in [7, 11) is 1.45. The summed E-state index contributed by atoms with van der Waals surface area (Å²) in [5.74, 6) is -0.0339. The van der Waals surface area contributed by atoms with E-state index in [0.717, 1.165) is 0 Å². The second-order valence-corrected chi connectivity index (χ2v) is 7.44. The summed E-state index contributed by atoms with van der Waals surface area (Å²) in [5, 5.41) is 14.2. The number of aliphatic hydroxyl groups is 1. The van der Waals surface area contributed by atoms with Crippen LogP contribution < -0.4 is 10.1 Å². The van der Waals surface area contributed by atoms with E-state index in [4.69, 9.17) is 4.74 Å². The van der Waals surface area contributed by atoms with E-state index >= 15 is 0 Å². The minimum Gasteiger partial charge on any atom is -0.375 e. The molecule has 0 radical (unpaired) electrons. The molecule has 0 fully saturated rings. The first kappa shape index (κ1) is 18.9. The van der Waals surface area contributed by atoms with Crippen molar-refractivity contribution in [3.05, 3.63) is 59.2 Å². The highest BCUT2D eigenvalue weighted by Crippen LogP contribution is 2.43. The Morgan fingerprint density at radius 2 is 2.07 bits per heavy atom. The van der Waals surface area contributed by atoms with Gasteiger partial charge >= 0.3 is 12.1 Å². The number of rotatable bonds is 4. The zero-order valence-electron chi connectivity index (χ0n) is 16.4. The quantitative estimate of drug-likeness (QED) is 0.630. The van der Waals surface area contributed by atoms with E-state index in [-0.39, 0.29) is 17.8 Å². The number of nitrogens with one attached hydrogen (secondary N) is 2. The van der Waals surface area contributed by atoms with Gasteiger partial charge in [-0.2, -0.15) is 4.98 Å². The van der Waals surface area contributed by atoms with Crippen molar-refractivity contribution in [2.75, 3.05) is 13.6 Å². The minimum atomic E-state index is -1.60. The third-order valence-electron chi connectivity index (χ3n) is 4.97. The Hall–Kier alpha value is -3.39. The molecule has 2 aromatic carbocycles. The maximum absolute atomic E-state index is 13.0. The van der Waals surface area contributed by atoms with Gasteiger partial charge in [-0.3, -0.25) is 4.79 Å². The predicted molar refractivity (Wildman–Crippen MR) is 106 cm³/mol. The number of H-pyrrole nitrogens is 1. The van der Waals surface area contributed by atoms with Crippen molar-refractivity contribution in [1.82, 2.24) is 20.2 Å². The Morgan fingerprint density at radius 1 is 1.31 bits per heavy atom. The largest absolute Gasteiger partial charge is 0.414 e. The van der Waals surface area contributed by atoms with Crippen LogP contribution in [0.4, 0.5) is 4.79 Å². The Kier molecular flexibility index (Phi) is 4.50. The first-order valence-corrected chi connectivity index (χ1v) is 9.38. The van der Waals surface area contributed by atoms with Gasteiger partial charge in [0.15, 0.2) is 5.72 Å². The number of aromatic nitrogens is 2. The SMILES string of the molecule is CNC(=O)Oc1nc2ccc(C3(O)c4ccccc4C(=O)N3CC(C)C)cc2[nH]1. The van der Waals surface area contributed by atoms with Crippen LogP contribution in [0.2, 0.25) is 0 Å². The lowest BCUT2D eigenvalue weighted by molar-refractivity contribution is -0.0543. The smallest absolute Gasteiger partial charge is 0.375 e. The highest BCUT2D eigenvalue weighted by atomic mass is 16.6. The maximum Gasteiger partial charge on any atom is 0.414 e. The molecule has 150 valence electrons. The lowest BCUT2D eigenvalue weighted by Gasteiger charge is -2.36. The fourth-order valence-electron chi connectivity index (χ4n) is 3.69. The summed E-state index contributed by atoms with van der Waals surface area (Å²) in [4.78, 5) is 33.1. The number of hydrogen-bond donors (Lipinski definition) is 3.